The van der Waals surface area contributed by atoms with Crippen LogP contribution in [0.25, 0.3) is 5.65 Å². The maximum Gasteiger partial charge on any atom is 0.270 e. The molecule has 3 heterocycles. The zero-order valence-electron chi connectivity index (χ0n) is 19.4. The van der Waals surface area contributed by atoms with Crippen molar-refractivity contribution in [1.82, 2.24) is 14.7 Å². The third-order valence-electron chi connectivity index (χ3n) is 6.75. The maximum atomic E-state index is 13.0. The number of amides is 1. The van der Waals surface area contributed by atoms with E-state index in [2.05, 4.69) is 69.8 Å². The molecule has 0 unspecified atom stereocenters. The van der Waals surface area contributed by atoms with Crippen molar-refractivity contribution in [2.24, 2.45) is 0 Å². The molecule has 5 nitrogen and oxygen atoms in total. The average Bonchev–Trinajstić information content (AvgIpc) is 3.28. The third kappa shape index (κ3) is 4.53. The van der Waals surface area contributed by atoms with Gasteiger partial charge in [-0.25, -0.2) is 4.98 Å². The number of aromatic nitrogens is 2. The number of anilines is 1. The number of nitrogens with zero attached hydrogens (tertiary/aromatic N) is 3. The van der Waals surface area contributed by atoms with Gasteiger partial charge in [0.05, 0.1) is 10.7 Å². The second-order valence-electron chi connectivity index (χ2n) is 8.83. The topological polar surface area (TPSA) is 49.6 Å². The van der Waals surface area contributed by atoms with E-state index in [1.807, 2.05) is 19.2 Å². The van der Waals surface area contributed by atoms with E-state index in [1.165, 1.54) is 24.1 Å². The van der Waals surface area contributed by atoms with Crippen LogP contribution in [0, 0.1) is 0 Å². The molecule has 1 aliphatic heterocycles. The molecular weight excluding hydrogens is 444 g/mol. The predicted octanol–water partition coefficient (Wildman–Crippen LogP) is 5.86. The average molecular weight is 473 g/mol. The number of aryl methyl sites for hydroxylation is 1. The van der Waals surface area contributed by atoms with Crippen molar-refractivity contribution in [3.05, 3.63) is 100 Å². The molecule has 6 heteroatoms. The number of hydrogen-bond acceptors (Lipinski definition) is 3. The van der Waals surface area contributed by atoms with Gasteiger partial charge in [-0.05, 0) is 60.6 Å². The van der Waals surface area contributed by atoms with Gasteiger partial charge >= 0.3 is 0 Å². The smallest absolute Gasteiger partial charge is 0.270 e. The Kier molecular flexibility index (Phi) is 6.54. The van der Waals surface area contributed by atoms with Crippen LogP contribution in [0.3, 0.4) is 0 Å². The van der Waals surface area contributed by atoms with Crippen LogP contribution >= 0.6 is 11.6 Å². The highest BCUT2D eigenvalue weighted by Crippen LogP contribution is 2.30. The van der Waals surface area contributed by atoms with E-state index >= 15 is 0 Å². The Morgan fingerprint density at radius 2 is 1.76 bits per heavy atom. The summed E-state index contributed by atoms with van der Waals surface area (Å²) in [5, 5.41) is 3.60. The second-order valence-corrected chi connectivity index (χ2v) is 9.24. The molecule has 0 bridgehead atoms. The van der Waals surface area contributed by atoms with Crippen molar-refractivity contribution in [3.63, 3.8) is 0 Å². The lowest BCUT2D eigenvalue weighted by Gasteiger charge is -2.34. The molecule has 174 valence electrons. The summed E-state index contributed by atoms with van der Waals surface area (Å²) < 4.78 is 1.78. The molecule has 4 aromatic rings. The van der Waals surface area contributed by atoms with Crippen molar-refractivity contribution in [2.45, 2.75) is 38.6 Å². The van der Waals surface area contributed by atoms with Gasteiger partial charge < -0.3 is 10.2 Å². The van der Waals surface area contributed by atoms with E-state index in [0.717, 1.165) is 24.3 Å². The SMILES string of the molecule is CCc1nc2c(Cl)cccn2c1C(=O)NCc1ccc(N2CCC(c3ccccc3)CC2)cc1. The fraction of sp³-hybridized carbons (Fsp3) is 0.286. The minimum Gasteiger partial charge on any atom is -0.371 e. The van der Waals surface area contributed by atoms with Crippen LogP contribution in [-0.2, 0) is 13.0 Å². The first-order valence-electron chi connectivity index (χ1n) is 12.0. The molecule has 1 saturated heterocycles. The van der Waals surface area contributed by atoms with Crippen molar-refractivity contribution < 1.29 is 4.79 Å². The van der Waals surface area contributed by atoms with Crippen LogP contribution in [0.4, 0.5) is 5.69 Å². The van der Waals surface area contributed by atoms with Gasteiger partial charge in [0.1, 0.15) is 5.69 Å². The normalized spacial score (nSPS) is 14.5. The molecule has 1 fully saturated rings. The zero-order valence-corrected chi connectivity index (χ0v) is 20.1. The second kappa shape index (κ2) is 9.90. The van der Waals surface area contributed by atoms with E-state index in [-0.39, 0.29) is 5.91 Å². The first-order chi connectivity index (χ1) is 16.6. The molecule has 0 atom stereocenters. The summed E-state index contributed by atoms with van der Waals surface area (Å²) in [4.78, 5) is 20.0. The highest BCUT2D eigenvalue weighted by atomic mass is 35.5. The standard InChI is InChI=1S/C28H29ClN4O/c1-2-25-26(33-16-6-9-24(29)27(33)31-25)28(34)30-19-20-10-12-23(13-11-20)32-17-14-22(15-18-32)21-7-4-3-5-8-21/h3-13,16,22H,2,14-15,17-19H2,1H3,(H,30,34). The van der Waals surface area contributed by atoms with Gasteiger partial charge in [0.2, 0.25) is 0 Å². The molecule has 34 heavy (non-hydrogen) atoms. The van der Waals surface area contributed by atoms with Crippen LogP contribution in [0.1, 0.15) is 53.0 Å². The molecule has 5 rings (SSSR count). The van der Waals surface area contributed by atoms with Crippen LogP contribution in [-0.4, -0.2) is 28.4 Å². The molecule has 0 spiro atoms. The molecule has 0 aliphatic carbocycles. The Morgan fingerprint density at radius 3 is 2.47 bits per heavy atom. The number of benzene rings is 2. The van der Waals surface area contributed by atoms with Gasteiger partial charge in [0, 0.05) is 31.5 Å². The van der Waals surface area contributed by atoms with Crippen LogP contribution in [0.5, 0.6) is 0 Å². The number of halogens is 1. The van der Waals surface area contributed by atoms with Gasteiger partial charge in [-0.1, -0.05) is 61.0 Å². The summed E-state index contributed by atoms with van der Waals surface area (Å²) in [6.07, 6.45) is 4.84. The summed E-state index contributed by atoms with van der Waals surface area (Å²) in [5.74, 6) is 0.508. The molecule has 1 N–H and O–H groups in total. The van der Waals surface area contributed by atoms with Crippen molar-refractivity contribution in [2.75, 3.05) is 18.0 Å². The van der Waals surface area contributed by atoms with Crippen LogP contribution in [0.2, 0.25) is 5.02 Å². The summed E-state index contributed by atoms with van der Waals surface area (Å²) in [7, 11) is 0. The van der Waals surface area contributed by atoms with E-state index in [0.29, 0.717) is 35.2 Å². The van der Waals surface area contributed by atoms with Crippen LogP contribution in [0.15, 0.2) is 72.9 Å². The Balaban J connectivity index is 1.21. The number of rotatable bonds is 6. The number of carbonyl (C=O) groups is 1. The first-order valence-corrected chi connectivity index (χ1v) is 12.3. The number of fused-ring (bicyclic) bond motifs is 1. The Bertz CT molecular complexity index is 1280. The minimum absolute atomic E-state index is 0.140. The van der Waals surface area contributed by atoms with Gasteiger partial charge in [-0.15, -0.1) is 0 Å². The van der Waals surface area contributed by atoms with Gasteiger partial charge in [0.25, 0.3) is 5.91 Å². The number of nitrogens with one attached hydrogen (secondary N) is 1. The van der Waals surface area contributed by atoms with E-state index in [1.54, 1.807) is 10.5 Å². The number of hydrogen-bond donors (Lipinski definition) is 1. The molecular formula is C28H29ClN4O. The van der Waals surface area contributed by atoms with Gasteiger partial charge in [0.15, 0.2) is 5.65 Å². The molecule has 0 radical (unpaired) electrons. The largest absolute Gasteiger partial charge is 0.371 e. The van der Waals surface area contributed by atoms with Gasteiger partial charge in [-0.3, -0.25) is 9.20 Å². The van der Waals surface area contributed by atoms with Crippen LogP contribution < -0.4 is 10.2 Å². The Hall–Kier alpha value is -3.31. The molecule has 1 amide bonds. The van der Waals surface area contributed by atoms with E-state index in [4.69, 9.17) is 11.6 Å². The summed E-state index contributed by atoms with van der Waals surface area (Å²) in [6, 6.07) is 23.0. The molecule has 1 aliphatic rings. The summed E-state index contributed by atoms with van der Waals surface area (Å²) in [6.45, 7) is 4.58. The lowest BCUT2D eigenvalue weighted by Crippen LogP contribution is -2.32. The predicted molar refractivity (Wildman–Crippen MR) is 138 cm³/mol. The minimum atomic E-state index is -0.140. The Labute approximate surface area is 205 Å². The highest BCUT2D eigenvalue weighted by molar-refractivity contribution is 6.33. The highest BCUT2D eigenvalue weighted by Gasteiger charge is 2.21. The van der Waals surface area contributed by atoms with Crippen molar-refractivity contribution >= 4 is 28.8 Å². The Morgan fingerprint density at radius 1 is 1.03 bits per heavy atom. The van der Waals surface area contributed by atoms with Crippen molar-refractivity contribution in [3.8, 4) is 0 Å². The number of carbonyl (C=O) groups excluding carboxylic acids is 1. The van der Waals surface area contributed by atoms with E-state index < -0.39 is 0 Å². The summed E-state index contributed by atoms with van der Waals surface area (Å²) in [5.41, 5.74) is 5.68. The quantitative estimate of drug-likeness (QED) is 0.382. The number of pyridine rings is 1. The number of piperidine rings is 1. The maximum absolute atomic E-state index is 13.0. The molecule has 2 aromatic heterocycles. The monoisotopic (exact) mass is 472 g/mol. The zero-order chi connectivity index (χ0) is 23.5. The van der Waals surface area contributed by atoms with Crippen molar-refractivity contribution in [1.29, 1.82) is 0 Å². The lowest BCUT2D eigenvalue weighted by atomic mass is 9.89. The third-order valence-corrected chi connectivity index (χ3v) is 7.04. The molecule has 0 saturated carbocycles. The lowest BCUT2D eigenvalue weighted by molar-refractivity contribution is 0.0944. The first kappa shape index (κ1) is 22.5. The van der Waals surface area contributed by atoms with Gasteiger partial charge in [-0.2, -0.15) is 0 Å². The molecule has 2 aromatic carbocycles. The summed E-state index contributed by atoms with van der Waals surface area (Å²) >= 11 is 6.28. The van der Waals surface area contributed by atoms with E-state index in [9.17, 15) is 4.79 Å². The fourth-order valence-electron chi connectivity index (χ4n) is 4.86. The number of imidazole rings is 1. The fourth-order valence-corrected chi connectivity index (χ4v) is 5.06.